The summed E-state index contributed by atoms with van der Waals surface area (Å²) in [5.74, 6) is -1.39. The topological polar surface area (TPSA) is 103 Å². The first kappa shape index (κ1) is 46.4. The molecule has 0 radical (unpaired) electrons. The molecule has 2 aromatic heterocycles. The third-order valence-electron chi connectivity index (χ3n) is 12.5. The predicted octanol–water partition coefficient (Wildman–Crippen LogP) is 11.6. The molecule has 0 N–H and O–H groups in total. The number of amides is 2. The van der Waals surface area contributed by atoms with Gasteiger partial charge in [-0.05, 0) is 109 Å². The number of ether oxygens (including phenoxy) is 2. The van der Waals surface area contributed by atoms with Crippen LogP contribution in [0.1, 0.15) is 36.8 Å². The van der Waals surface area contributed by atoms with Crippen molar-refractivity contribution in [1.29, 1.82) is 0 Å². The van der Waals surface area contributed by atoms with E-state index in [2.05, 4.69) is 12.1 Å². The molecule has 336 valence electrons. The second-order valence-electron chi connectivity index (χ2n) is 16.3. The molecule has 0 atom stereocenters. The Morgan fingerprint density at radius 3 is 1.32 bits per heavy atom. The molecule has 2 aliphatic heterocycles. The van der Waals surface area contributed by atoms with Crippen LogP contribution in [0, 0.1) is 11.8 Å². The number of carbonyl (C=O) groups excluding carboxylic acids is 4. The van der Waals surface area contributed by atoms with E-state index in [-0.39, 0.29) is 55.7 Å². The number of benzene rings is 4. The molecule has 10 nitrogen and oxygen atoms in total. The van der Waals surface area contributed by atoms with Gasteiger partial charge in [-0.2, -0.15) is 0 Å². The number of halogens is 4. The number of likely N-dealkylation sites (tertiary alicyclic amines) is 2. The highest BCUT2D eigenvalue weighted by atomic mass is 35.5. The Kier molecular flexibility index (Phi) is 14.1. The molecule has 2 aliphatic rings. The lowest BCUT2D eigenvalue weighted by atomic mass is 9.96. The minimum Gasteiger partial charge on any atom is -0.469 e. The average molecular weight is 973 g/mol. The monoisotopic (exact) mass is 970 g/mol. The van der Waals surface area contributed by atoms with E-state index in [4.69, 9.17) is 55.9 Å². The predicted molar refractivity (Wildman–Crippen MR) is 262 cm³/mol. The number of aryl methyl sites for hydroxylation is 2. The number of piperidine rings is 2. The number of fused-ring (bicyclic) bond motifs is 2. The van der Waals surface area contributed by atoms with Crippen molar-refractivity contribution in [2.45, 2.75) is 35.5 Å². The summed E-state index contributed by atoms with van der Waals surface area (Å²) >= 11 is 30.1. The van der Waals surface area contributed by atoms with Crippen LogP contribution in [0.5, 0.6) is 0 Å². The lowest BCUT2D eigenvalue weighted by Crippen LogP contribution is -2.39. The zero-order chi connectivity index (χ0) is 46.1. The number of hydrogen-bond acceptors (Lipinski definition) is 7. The minimum absolute atomic E-state index is 0.204. The summed E-state index contributed by atoms with van der Waals surface area (Å²) in [5.41, 5.74) is 6.43. The highest BCUT2D eigenvalue weighted by Crippen LogP contribution is 2.49. The van der Waals surface area contributed by atoms with Crippen LogP contribution in [0.3, 0.4) is 0 Å². The van der Waals surface area contributed by atoms with Gasteiger partial charge in [0, 0.05) is 108 Å². The Labute approximate surface area is 401 Å². The van der Waals surface area contributed by atoms with Gasteiger partial charge in [-0.25, -0.2) is 0 Å². The van der Waals surface area contributed by atoms with Crippen molar-refractivity contribution in [3.05, 3.63) is 116 Å². The maximum Gasteiger partial charge on any atom is 0.308 e. The fourth-order valence-electron chi connectivity index (χ4n) is 8.73. The number of rotatable bonds is 10. The molecule has 4 heterocycles. The maximum atomic E-state index is 13.5. The highest BCUT2D eigenvalue weighted by Gasteiger charge is 2.29. The van der Waals surface area contributed by atoms with E-state index in [0.29, 0.717) is 72.8 Å². The summed E-state index contributed by atoms with van der Waals surface area (Å²) in [6.07, 6.45) is 12.5. The first-order valence-electron chi connectivity index (χ1n) is 21.2. The normalized spacial score (nSPS) is 15.2. The maximum absolute atomic E-state index is 13.5. The number of hydrogen-bond donors (Lipinski definition) is 0. The Hall–Kier alpha value is -5.17. The molecule has 8 rings (SSSR count). The van der Waals surface area contributed by atoms with Crippen molar-refractivity contribution in [2.75, 3.05) is 40.4 Å². The van der Waals surface area contributed by atoms with E-state index in [9.17, 15) is 19.2 Å². The lowest BCUT2D eigenvalue weighted by Gasteiger charge is -2.29. The van der Waals surface area contributed by atoms with Crippen LogP contribution in [0.15, 0.2) is 95.0 Å². The molecule has 0 aliphatic carbocycles. The quantitative estimate of drug-likeness (QED) is 0.0995. The lowest BCUT2D eigenvalue weighted by molar-refractivity contribution is -0.148. The van der Waals surface area contributed by atoms with Crippen molar-refractivity contribution in [1.82, 2.24) is 18.9 Å². The van der Waals surface area contributed by atoms with E-state index in [1.165, 1.54) is 38.1 Å². The minimum atomic E-state index is -0.258. The number of methoxy groups -OCH3 is 2. The molecule has 4 aromatic carbocycles. The third-order valence-corrected chi connectivity index (χ3v) is 15.6. The van der Waals surface area contributed by atoms with E-state index < -0.39 is 0 Å². The van der Waals surface area contributed by atoms with E-state index in [1.54, 1.807) is 22.0 Å². The Morgan fingerprint density at radius 2 is 0.954 bits per heavy atom. The molecule has 2 amide bonds. The first-order valence-corrected chi connectivity index (χ1v) is 23.5. The van der Waals surface area contributed by atoms with Gasteiger partial charge in [0.1, 0.15) is 0 Å². The fraction of sp³-hybridized carbons (Fsp3) is 0.280. The second kappa shape index (κ2) is 19.7. The van der Waals surface area contributed by atoms with Crippen LogP contribution in [0.4, 0.5) is 0 Å². The summed E-state index contributed by atoms with van der Waals surface area (Å²) in [6, 6.07) is 20.2. The van der Waals surface area contributed by atoms with Crippen molar-refractivity contribution in [3.8, 4) is 22.3 Å². The van der Waals surface area contributed by atoms with Gasteiger partial charge in [0.15, 0.2) is 0 Å². The van der Waals surface area contributed by atoms with Crippen LogP contribution in [-0.2, 0) is 42.7 Å². The van der Waals surface area contributed by atoms with E-state index >= 15 is 0 Å². The van der Waals surface area contributed by atoms with Gasteiger partial charge in [0.05, 0.1) is 46.1 Å². The molecule has 65 heavy (non-hydrogen) atoms. The van der Waals surface area contributed by atoms with Crippen molar-refractivity contribution in [2.24, 2.45) is 25.9 Å². The van der Waals surface area contributed by atoms with Gasteiger partial charge < -0.3 is 28.4 Å². The van der Waals surface area contributed by atoms with Gasteiger partial charge in [0.25, 0.3) is 0 Å². The number of carbonyl (C=O) groups is 4. The molecule has 15 heteroatoms. The summed E-state index contributed by atoms with van der Waals surface area (Å²) in [5, 5.41) is 3.06. The number of nitrogens with zero attached hydrogens (tertiary/aromatic N) is 4. The van der Waals surface area contributed by atoms with Crippen LogP contribution >= 0.6 is 58.2 Å². The fourth-order valence-corrected chi connectivity index (χ4v) is 10.9. The van der Waals surface area contributed by atoms with Gasteiger partial charge >= 0.3 is 11.9 Å². The standard InChI is InChI=1S/C50H46Cl4N4O6S/c1-55-19-13-33-25-31(5-9-39(33)55)37-27-41(47(53)45(51)35(37)7-11-43(59)57-21-15-29(16-22-57)49(61)63-3)65-42-28-38(32-6-10-40-34(26-32)14-20-56(40)2)36(46(52)48(42)54)8-12-44(60)58-23-17-30(18-24-58)50(62)64-4/h5-14,19-20,25-30H,15-18,21-24H2,1-4H3. The van der Waals surface area contributed by atoms with Crippen molar-refractivity contribution >= 4 is 116 Å². The van der Waals surface area contributed by atoms with Gasteiger partial charge in [-0.15, -0.1) is 0 Å². The molecule has 2 saturated heterocycles. The molecule has 0 unspecified atom stereocenters. The van der Waals surface area contributed by atoms with Crippen LogP contribution < -0.4 is 0 Å². The number of aromatic nitrogens is 2. The van der Waals surface area contributed by atoms with Crippen molar-refractivity contribution in [3.63, 3.8) is 0 Å². The second-order valence-corrected chi connectivity index (χ2v) is 18.9. The van der Waals surface area contributed by atoms with Crippen molar-refractivity contribution < 1.29 is 28.7 Å². The Balaban J connectivity index is 1.17. The first-order chi connectivity index (χ1) is 31.3. The largest absolute Gasteiger partial charge is 0.469 e. The molecule has 2 fully saturated rings. The zero-order valence-electron chi connectivity index (χ0n) is 36.2. The van der Waals surface area contributed by atoms with Crippen LogP contribution in [0.25, 0.3) is 56.2 Å². The SMILES string of the molecule is COC(=O)C1CCN(C(=O)C=Cc2c(-c3ccc4c(ccn4C)c3)cc(Sc3cc(-c4ccc5c(ccn5C)c4)c(C=CC(=O)N4CCC(C(=O)OC)CC4)c(Cl)c3Cl)c(Cl)c2Cl)CC1. The molecule has 0 bridgehead atoms. The zero-order valence-corrected chi connectivity index (χ0v) is 40.0. The van der Waals surface area contributed by atoms with E-state index in [1.807, 2.05) is 84.2 Å². The van der Waals surface area contributed by atoms with Gasteiger partial charge in [-0.3, -0.25) is 19.2 Å². The molecular formula is C50H46Cl4N4O6S. The van der Waals surface area contributed by atoms with Crippen LogP contribution in [0.2, 0.25) is 20.1 Å². The third kappa shape index (κ3) is 9.58. The summed E-state index contributed by atoms with van der Waals surface area (Å²) in [6.45, 7) is 1.71. The Bertz CT molecular complexity index is 2730. The average Bonchev–Trinajstić information content (AvgIpc) is 3.90. The molecule has 6 aromatic rings. The number of esters is 2. The summed E-state index contributed by atoms with van der Waals surface area (Å²) in [7, 11) is 6.73. The van der Waals surface area contributed by atoms with E-state index in [0.717, 1.165) is 44.1 Å². The summed E-state index contributed by atoms with van der Waals surface area (Å²) < 4.78 is 13.9. The molecular weight excluding hydrogens is 926 g/mol. The molecule has 0 spiro atoms. The van der Waals surface area contributed by atoms with Gasteiger partial charge in [-0.1, -0.05) is 70.3 Å². The smallest absolute Gasteiger partial charge is 0.308 e. The highest BCUT2D eigenvalue weighted by molar-refractivity contribution is 7.99. The van der Waals surface area contributed by atoms with Crippen LogP contribution in [-0.4, -0.2) is 83.1 Å². The molecule has 0 saturated carbocycles. The Morgan fingerprint density at radius 1 is 0.569 bits per heavy atom. The van der Waals surface area contributed by atoms with Gasteiger partial charge in [0.2, 0.25) is 11.8 Å². The summed E-state index contributed by atoms with van der Waals surface area (Å²) in [4.78, 5) is 56.0.